The normalized spacial score (nSPS) is 10.4. The molecule has 0 radical (unpaired) electrons. The smallest absolute Gasteiger partial charge is 0.191 e. The van der Waals surface area contributed by atoms with Gasteiger partial charge < -0.3 is 9.67 Å². The summed E-state index contributed by atoms with van der Waals surface area (Å²) in [7, 11) is 1.75. The number of halogens is 1. The zero-order chi connectivity index (χ0) is 13.8. The van der Waals surface area contributed by atoms with Crippen LogP contribution in [0.2, 0.25) is 0 Å². The largest absolute Gasteiger partial charge is 0.388 e. The summed E-state index contributed by atoms with van der Waals surface area (Å²) in [5.74, 6) is 0.536. The number of nitriles is 1. The van der Waals surface area contributed by atoms with Gasteiger partial charge in [-0.3, -0.25) is 0 Å². The number of aliphatic hydroxyl groups excluding tert-OH is 1. The third-order valence-electron chi connectivity index (χ3n) is 2.62. The number of thioether (sulfide) groups is 1. The Hall–Kier alpha value is -1.91. The number of aromatic nitrogens is 3. The number of hydrogen-bond acceptors (Lipinski definition) is 5. The molecular formula is C12H11FN4OS. The summed E-state index contributed by atoms with van der Waals surface area (Å²) < 4.78 is 14.7. The molecule has 2 aromatic rings. The summed E-state index contributed by atoms with van der Waals surface area (Å²) in [6, 6.07) is 6.09. The average molecular weight is 278 g/mol. The van der Waals surface area contributed by atoms with E-state index < -0.39 is 5.82 Å². The number of nitrogens with zero attached hydrogens (tertiary/aromatic N) is 4. The van der Waals surface area contributed by atoms with Gasteiger partial charge in [0.2, 0.25) is 0 Å². The van der Waals surface area contributed by atoms with Crippen LogP contribution in [0, 0.1) is 17.1 Å². The molecule has 1 N–H and O–H groups in total. The third kappa shape index (κ3) is 2.92. The first-order valence-electron chi connectivity index (χ1n) is 5.46. The molecule has 0 atom stereocenters. The molecule has 0 saturated heterocycles. The van der Waals surface area contributed by atoms with Gasteiger partial charge in [-0.1, -0.05) is 17.8 Å². The van der Waals surface area contributed by atoms with Gasteiger partial charge in [-0.05, 0) is 17.7 Å². The zero-order valence-corrected chi connectivity index (χ0v) is 11.0. The SMILES string of the molecule is Cn1c(CO)nnc1SCc1ccc(F)cc1C#N. The zero-order valence-electron chi connectivity index (χ0n) is 10.2. The Morgan fingerprint density at radius 2 is 2.26 bits per heavy atom. The van der Waals surface area contributed by atoms with E-state index in [2.05, 4.69) is 10.2 Å². The lowest BCUT2D eigenvalue weighted by Crippen LogP contribution is -1.98. The highest BCUT2D eigenvalue weighted by Crippen LogP contribution is 2.23. The molecule has 7 heteroatoms. The second kappa shape index (κ2) is 5.82. The molecule has 0 amide bonds. The summed E-state index contributed by atoms with van der Waals surface area (Å²) in [4.78, 5) is 0. The van der Waals surface area contributed by atoms with Crippen molar-refractivity contribution in [3.05, 3.63) is 41.0 Å². The van der Waals surface area contributed by atoms with Crippen molar-refractivity contribution in [2.75, 3.05) is 0 Å². The van der Waals surface area contributed by atoms with Crippen LogP contribution in [0.3, 0.4) is 0 Å². The fraction of sp³-hybridized carbons (Fsp3) is 0.250. The number of rotatable bonds is 4. The summed E-state index contributed by atoms with van der Waals surface area (Å²) in [5.41, 5.74) is 1.06. The molecule has 0 aliphatic rings. The second-order valence-corrected chi connectivity index (χ2v) is 4.76. The number of aliphatic hydroxyl groups is 1. The Bertz CT molecular complexity index is 635. The third-order valence-corrected chi connectivity index (χ3v) is 3.68. The molecule has 0 fully saturated rings. The van der Waals surface area contributed by atoms with Crippen LogP contribution in [-0.2, 0) is 19.4 Å². The Morgan fingerprint density at radius 1 is 1.47 bits per heavy atom. The van der Waals surface area contributed by atoms with Crippen LogP contribution in [0.4, 0.5) is 4.39 Å². The van der Waals surface area contributed by atoms with Crippen molar-refractivity contribution >= 4 is 11.8 Å². The van der Waals surface area contributed by atoms with E-state index >= 15 is 0 Å². The maximum atomic E-state index is 13.0. The van der Waals surface area contributed by atoms with Gasteiger partial charge in [-0.2, -0.15) is 5.26 Å². The van der Waals surface area contributed by atoms with E-state index in [0.717, 1.165) is 5.56 Å². The highest BCUT2D eigenvalue weighted by atomic mass is 32.2. The van der Waals surface area contributed by atoms with Crippen LogP contribution in [-0.4, -0.2) is 19.9 Å². The van der Waals surface area contributed by atoms with Crippen LogP contribution < -0.4 is 0 Å². The number of benzene rings is 1. The molecule has 0 bridgehead atoms. The molecule has 5 nitrogen and oxygen atoms in total. The fourth-order valence-corrected chi connectivity index (χ4v) is 2.46. The maximum Gasteiger partial charge on any atom is 0.191 e. The van der Waals surface area contributed by atoms with E-state index in [1.54, 1.807) is 17.7 Å². The van der Waals surface area contributed by atoms with Gasteiger partial charge in [0, 0.05) is 12.8 Å². The lowest BCUT2D eigenvalue weighted by atomic mass is 10.1. The van der Waals surface area contributed by atoms with Crippen LogP contribution >= 0.6 is 11.8 Å². The molecule has 0 aliphatic heterocycles. The van der Waals surface area contributed by atoms with E-state index in [1.165, 1.54) is 23.9 Å². The van der Waals surface area contributed by atoms with Gasteiger partial charge >= 0.3 is 0 Å². The minimum Gasteiger partial charge on any atom is -0.388 e. The van der Waals surface area contributed by atoms with Crippen molar-refractivity contribution in [3.8, 4) is 6.07 Å². The fourth-order valence-electron chi connectivity index (χ4n) is 1.53. The Morgan fingerprint density at radius 3 is 2.89 bits per heavy atom. The van der Waals surface area contributed by atoms with Gasteiger partial charge in [-0.25, -0.2) is 4.39 Å². The molecule has 1 heterocycles. The molecule has 0 unspecified atom stereocenters. The van der Waals surface area contributed by atoms with Gasteiger partial charge in [0.25, 0.3) is 0 Å². The Labute approximate surface area is 113 Å². The average Bonchev–Trinajstić information content (AvgIpc) is 2.77. The minimum absolute atomic E-state index is 0.177. The van der Waals surface area contributed by atoms with Crippen LogP contribution in [0.5, 0.6) is 0 Å². The molecule has 0 spiro atoms. The first-order valence-corrected chi connectivity index (χ1v) is 6.44. The maximum absolute atomic E-state index is 13.0. The second-order valence-electron chi connectivity index (χ2n) is 3.82. The van der Waals surface area contributed by atoms with Crippen molar-refractivity contribution in [2.24, 2.45) is 7.05 Å². The van der Waals surface area contributed by atoms with Crippen molar-refractivity contribution in [1.29, 1.82) is 5.26 Å². The topological polar surface area (TPSA) is 74.7 Å². The van der Waals surface area contributed by atoms with Gasteiger partial charge in [-0.15, -0.1) is 10.2 Å². The summed E-state index contributed by atoms with van der Waals surface area (Å²) in [5, 5.41) is 26.3. The minimum atomic E-state index is -0.425. The van der Waals surface area contributed by atoms with E-state index in [1.807, 2.05) is 6.07 Å². The van der Waals surface area contributed by atoms with Crippen LogP contribution in [0.25, 0.3) is 0 Å². The van der Waals surface area contributed by atoms with Crippen molar-refractivity contribution in [3.63, 3.8) is 0 Å². The molecule has 2 rings (SSSR count). The molecule has 98 valence electrons. The molecular weight excluding hydrogens is 267 g/mol. The summed E-state index contributed by atoms with van der Waals surface area (Å²) in [6.45, 7) is -0.177. The van der Waals surface area contributed by atoms with Crippen molar-refractivity contribution in [2.45, 2.75) is 17.5 Å². The summed E-state index contributed by atoms with van der Waals surface area (Å²) in [6.07, 6.45) is 0. The highest BCUT2D eigenvalue weighted by Gasteiger charge is 2.10. The van der Waals surface area contributed by atoms with Crippen molar-refractivity contribution < 1.29 is 9.50 Å². The lowest BCUT2D eigenvalue weighted by molar-refractivity contribution is 0.266. The summed E-state index contributed by atoms with van der Waals surface area (Å²) >= 11 is 1.38. The highest BCUT2D eigenvalue weighted by molar-refractivity contribution is 7.98. The van der Waals surface area contributed by atoms with Gasteiger partial charge in [0.05, 0.1) is 11.6 Å². The molecule has 0 aliphatic carbocycles. The molecule has 0 saturated carbocycles. The standard InChI is InChI=1S/C12H11FN4OS/c1-17-11(6-18)15-16-12(17)19-7-8-2-3-10(13)4-9(8)5-14/h2-4,18H,6-7H2,1H3. The van der Waals surface area contributed by atoms with E-state index in [-0.39, 0.29) is 6.61 Å². The first-order chi connectivity index (χ1) is 9.15. The predicted molar refractivity (Wildman–Crippen MR) is 67.6 cm³/mol. The Balaban J connectivity index is 2.15. The molecule has 19 heavy (non-hydrogen) atoms. The van der Waals surface area contributed by atoms with E-state index in [9.17, 15) is 4.39 Å². The first kappa shape index (κ1) is 13.5. The van der Waals surface area contributed by atoms with E-state index in [0.29, 0.717) is 22.3 Å². The monoisotopic (exact) mass is 278 g/mol. The Kier molecular flexibility index (Phi) is 4.14. The quantitative estimate of drug-likeness (QED) is 0.860. The van der Waals surface area contributed by atoms with Crippen LogP contribution in [0.1, 0.15) is 17.0 Å². The molecule has 1 aromatic heterocycles. The number of hydrogen-bond donors (Lipinski definition) is 1. The molecule has 1 aromatic carbocycles. The van der Waals surface area contributed by atoms with E-state index in [4.69, 9.17) is 10.4 Å². The van der Waals surface area contributed by atoms with Gasteiger partial charge in [0.1, 0.15) is 12.4 Å². The predicted octanol–water partition coefficient (Wildman–Crippen LogP) is 1.61. The van der Waals surface area contributed by atoms with Crippen molar-refractivity contribution in [1.82, 2.24) is 14.8 Å². The van der Waals surface area contributed by atoms with Crippen LogP contribution in [0.15, 0.2) is 23.4 Å². The lowest BCUT2D eigenvalue weighted by Gasteiger charge is -2.04. The van der Waals surface area contributed by atoms with Gasteiger partial charge in [0.15, 0.2) is 11.0 Å².